The molecule has 39 valence electrons. The molecule has 0 radical (unpaired) electrons. The van der Waals surface area contributed by atoms with Gasteiger partial charge in [-0.05, 0) is 0 Å². The Labute approximate surface area is 62.5 Å². The fourth-order valence-corrected chi connectivity index (χ4v) is 0. The van der Waals surface area contributed by atoms with Crippen LogP contribution in [0.25, 0.3) is 0 Å². The molecular weight excluding hydrogens is 159 g/mol. The first-order chi connectivity index (χ1) is 1.91. The van der Waals surface area contributed by atoms with Gasteiger partial charge < -0.3 is 0 Å². The van der Waals surface area contributed by atoms with Gasteiger partial charge >= 0.3 is 37.7 Å². The van der Waals surface area contributed by atoms with Crippen molar-refractivity contribution in [1.82, 2.24) is 0 Å². The molecule has 0 saturated heterocycles. The maximum absolute atomic E-state index is 4.54. The molecule has 0 bridgehead atoms. The molecular formula is C2H7Cl2OTi. The Kier molecular flexibility index (Phi) is 42.6. The van der Waals surface area contributed by atoms with Gasteiger partial charge in [0.25, 0.3) is 0 Å². The monoisotopic (exact) mass is 165 g/mol. The maximum atomic E-state index is 4.54. The van der Waals surface area contributed by atoms with Crippen LogP contribution in [0.2, 0.25) is 0 Å². The summed E-state index contributed by atoms with van der Waals surface area (Å²) in [6.07, 6.45) is 0. The van der Waals surface area contributed by atoms with Crippen molar-refractivity contribution in [3.8, 4) is 0 Å². The first kappa shape index (κ1) is 15.7. The second kappa shape index (κ2) is 16.3. The van der Waals surface area contributed by atoms with E-state index < -0.39 is 0 Å². The zero-order valence-electron chi connectivity index (χ0n) is 3.43. The molecule has 0 spiro atoms. The molecule has 0 fully saturated rings. The molecule has 0 N–H and O–H groups in total. The van der Waals surface area contributed by atoms with Crippen molar-refractivity contribution in [3.05, 3.63) is 0 Å². The molecule has 0 aliphatic carbocycles. The van der Waals surface area contributed by atoms with Gasteiger partial charge in [0.15, 0.2) is 0 Å². The summed E-state index contributed by atoms with van der Waals surface area (Å²) in [4.78, 5) is 0. The summed E-state index contributed by atoms with van der Waals surface area (Å²) >= 11 is 1.68. The first-order valence-electron chi connectivity index (χ1n) is 1.20. The average molecular weight is 166 g/mol. The molecule has 4 heteroatoms. The Morgan fingerprint density at radius 2 is 1.67 bits per heavy atom. The Morgan fingerprint density at radius 1 is 1.50 bits per heavy atom. The molecule has 0 aliphatic heterocycles. The standard InChI is InChI=1S/C2H5O.2ClH.Ti/c1-2-3;;;/h2H2,1H3;2*1H;/q-1;;;+1. The quantitative estimate of drug-likeness (QED) is 0.533. The van der Waals surface area contributed by atoms with Crippen molar-refractivity contribution in [1.29, 1.82) is 0 Å². The molecule has 0 heterocycles. The van der Waals surface area contributed by atoms with Crippen LogP contribution in [-0.4, -0.2) is 6.61 Å². The maximum Gasteiger partial charge on any atom is -0.147 e. The van der Waals surface area contributed by atoms with Gasteiger partial charge in [0.2, 0.25) is 0 Å². The Hall–Kier alpha value is 1.25. The molecule has 0 rings (SSSR count). The van der Waals surface area contributed by atoms with Gasteiger partial charge in [-0.15, -0.1) is 24.8 Å². The Morgan fingerprint density at radius 3 is 1.67 bits per heavy atom. The zero-order chi connectivity index (χ0) is 3.41. The number of hydrogen-bond acceptors (Lipinski definition) is 1. The van der Waals surface area contributed by atoms with Crippen molar-refractivity contribution >= 4 is 24.8 Å². The third-order valence-corrected chi connectivity index (χ3v) is 0.595. The van der Waals surface area contributed by atoms with Gasteiger partial charge in [-0.3, -0.25) is 0 Å². The Bertz CT molecular complexity index is 13.5. The normalized spacial score (nSPS) is 4.67. The van der Waals surface area contributed by atoms with E-state index in [1.54, 1.807) is 20.8 Å². The topological polar surface area (TPSA) is 9.23 Å². The molecule has 0 aromatic heterocycles. The van der Waals surface area contributed by atoms with E-state index >= 15 is 0 Å². The molecule has 1 nitrogen and oxygen atoms in total. The fraction of sp³-hybridized carbons (Fsp3) is 1.00. The van der Waals surface area contributed by atoms with E-state index in [-0.39, 0.29) is 24.8 Å². The first-order valence-corrected chi connectivity index (χ1v) is 1.84. The average Bonchev–Trinajstić information content (AvgIpc) is 1.37. The smallest absolute Gasteiger partial charge is 0.147 e. The predicted octanol–water partition coefficient (Wildman–Crippen LogP) is 1.33. The second-order valence-corrected chi connectivity index (χ2v) is 0.884. The van der Waals surface area contributed by atoms with Crippen LogP contribution in [0.15, 0.2) is 0 Å². The molecule has 6 heavy (non-hydrogen) atoms. The summed E-state index contributed by atoms with van der Waals surface area (Å²) in [5, 5.41) is 0. The minimum absolute atomic E-state index is 0. The van der Waals surface area contributed by atoms with Crippen molar-refractivity contribution in [2.24, 2.45) is 0 Å². The minimum Gasteiger partial charge on any atom is -0.147 e. The fourth-order valence-electron chi connectivity index (χ4n) is 0. The van der Waals surface area contributed by atoms with E-state index in [1.807, 2.05) is 6.92 Å². The van der Waals surface area contributed by atoms with Gasteiger partial charge in [-0.2, -0.15) is 0 Å². The van der Waals surface area contributed by atoms with Crippen molar-refractivity contribution in [2.45, 2.75) is 6.92 Å². The van der Waals surface area contributed by atoms with E-state index in [2.05, 4.69) is 3.32 Å². The van der Waals surface area contributed by atoms with Crippen LogP contribution in [0, 0.1) is 0 Å². The van der Waals surface area contributed by atoms with Crippen LogP contribution >= 0.6 is 24.8 Å². The van der Waals surface area contributed by atoms with Gasteiger partial charge in [-0.25, -0.2) is 0 Å². The zero-order valence-corrected chi connectivity index (χ0v) is 6.63. The van der Waals surface area contributed by atoms with E-state index in [4.69, 9.17) is 0 Å². The molecule has 0 unspecified atom stereocenters. The van der Waals surface area contributed by atoms with Gasteiger partial charge in [0, 0.05) is 0 Å². The van der Waals surface area contributed by atoms with Crippen LogP contribution in [0.5, 0.6) is 0 Å². The summed E-state index contributed by atoms with van der Waals surface area (Å²) in [6.45, 7) is 2.78. The largest absolute Gasteiger partial charge is 0.147 e. The van der Waals surface area contributed by atoms with Crippen LogP contribution in [-0.2, 0) is 24.1 Å². The van der Waals surface area contributed by atoms with Crippen LogP contribution in [0.1, 0.15) is 6.92 Å². The molecule has 0 aliphatic rings. The van der Waals surface area contributed by atoms with Crippen LogP contribution in [0.4, 0.5) is 0 Å². The van der Waals surface area contributed by atoms with E-state index in [1.165, 1.54) is 0 Å². The molecule has 0 aromatic carbocycles. The summed E-state index contributed by atoms with van der Waals surface area (Å²) in [5.74, 6) is 0. The number of halogens is 2. The molecule has 0 aromatic rings. The minimum atomic E-state index is 0. The molecule has 0 saturated carbocycles. The summed E-state index contributed by atoms with van der Waals surface area (Å²) in [5.41, 5.74) is 0. The third-order valence-electron chi connectivity index (χ3n) is 0.144. The van der Waals surface area contributed by atoms with Crippen molar-refractivity contribution < 1.29 is 24.1 Å². The van der Waals surface area contributed by atoms with E-state index in [0.29, 0.717) is 0 Å². The Balaban J connectivity index is -0.0000000450. The summed E-state index contributed by atoms with van der Waals surface area (Å²) in [7, 11) is 0. The summed E-state index contributed by atoms with van der Waals surface area (Å²) < 4.78 is 4.54. The van der Waals surface area contributed by atoms with E-state index in [9.17, 15) is 0 Å². The van der Waals surface area contributed by atoms with Crippen LogP contribution in [0.3, 0.4) is 0 Å². The number of rotatable bonds is 1. The van der Waals surface area contributed by atoms with Gasteiger partial charge in [-0.1, -0.05) is 0 Å². The van der Waals surface area contributed by atoms with Gasteiger partial charge in [0.05, 0.1) is 0 Å². The van der Waals surface area contributed by atoms with E-state index in [0.717, 1.165) is 6.61 Å². The summed E-state index contributed by atoms with van der Waals surface area (Å²) in [6, 6.07) is 0. The van der Waals surface area contributed by atoms with Crippen molar-refractivity contribution in [3.63, 3.8) is 0 Å². The van der Waals surface area contributed by atoms with Crippen molar-refractivity contribution in [2.75, 3.05) is 6.61 Å². The molecule has 0 atom stereocenters. The molecule has 0 amide bonds. The van der Waals surface area contributed by atoms with Crippen LogP contribution < -0.4 is 0 Å². The number of hydrogen-bond donors (Lipinski definition) is 0. The third kappa shape index (κ3) is 18.7. The van der Waals surface area contributed by atoms with Gasteiger partial charge in [0.1, 0.15) is 0 Å². The SMILES string of the molecule is CC[O][Ti].Cl.Cl. The second-order valence-electron chi connectivity index (χ2n) is 0.433. The predicted molar refractivity (Wildman–Crippen MR) is 26.1 cm³/mol.